The molecule has 1 saturated heterocycles. The van der Waals surface area contributed by atoms with Crippen molar-refractivity contribution in [1.82, 2.24) is 10.2 Å². The van der Waals surface area contributed by atoms with E-state index in [2.05, 4.69) is 40.5 Å². The second-order valence-electron chi connectivity index (χ2n) is 9.46. The maximum atomic E-state index is 13.6. The van der Waals surface area contributed by atoms with Crippen LogP contribution in [0.15, 0.2) is 66.7 Å². The minimum absolute atomic E-state index is 0.122. The lowest BCUT2D eigenvalue weighted by Gasteiger charge is -2.40. The summed E-state index contributed by atoms with van der Waals surface area (Å²) >= 11 is 0. The molecule has 5 nitrogen and oxygen atoms in total. The lowest BCUT2D eigenvalue weighted by atomic mass is 9.91. The van der Waals surface area contributed by atoms with Crippen molar-refractivity contribution in [1.29, 1.82) is 0 Å². The SMILES string of the molecule is COc1cccc(OC)c1CN[C@H]1CCN(C(=O)c2cc(C)cc(C)c2)[C@H](Cc2ccccc2)C1. The standard InChI is InChI=1S/C30H36N2O3/c1-21-15-22(2)17-24(16-21)30(33)32-14-13-25(19-26(32)18-23-9-6-5-7-10-23)31-20-27-28(34-3)11-8-12-29(27)35-4/h5-12,15-17,25-26,31H,13-14,18-20H2,1-4H3/t25-,26+/m0/s1. The zero-order chi connectivity index (χ0) is 24.8. The Kier molecular flexibility index (Phi) is 8.09. The van der Waals surface area contributed by atoms with E-state index in [9.17, 15) is 4.79 Å². The Labute approximate surface area is 209 Å². The summed E-state index contributed by atoms with van der Waals surface area (Å²) in [4.78, 5) is 15.7. The number of hydrogen-bond acceptors (Lipinski definition) is 4. The number of ether oxygens (including phenoxy) is 2. The first-order valence-electron chi connectivity index (χ1n) is 12.3. The molecule has 4 rings (SSSR count). The molecule has 184 valence electrons. The minimum Gasteiger partial charge on any atom is -0.496 e. The molecule has 1 heterocycles. The van der Waals surface area contributed by atoms with E-state index in [0.717, 1.165) is 59.6 Å². The molecule has 35 heavy (non-hydrogen) atoms. The minimum atomic E-state index is 0.122. The van der Waals surface area contributed by atoms with Crippen LogP contribution in [-0.2, 0) is 13.0 Å². The van der Waals surface area contributed by atoms with Crippen LogP contribution in [0.2, 0.25) is 0 Å². The van der Waals surface area contributed by atoms with Crippen LogP contribution in [0.5, 0.6) is 11.5 Å². The summed E-state index contributed by atoms with van der Waals surface area (Å²) in [7, 11) is 3.37. The van der Waals surface area contributed by atoms with Gasteiger partial charge in [0.2, 0.25) is 0 Å². The number of methoxy groups -OCH3 is 2. The third-order valence-electron chi connectivity index (χ3n) is 6.86. The quantitative estimate of drug-likeness (QED) is 0.482. The molecular formula is C30H36N2O3. The van der Waals surface area contributed by atoms with E-state index in [1.54, 1.807) is 14.2 Å². The maximum absolute atomic E-state index is 13.6. The van der Waals surface area contributed by atoms with Crippen molar-refractivity contribution in [3.63, 3.8) is 0 Å². The van der Waals surface area contributed by atoms with Crippen molar-refractivity contribution in [2.75, 3.05) is 20.8 Å². The van der Waals surface area contributed by atoms with Gasteiger partial charge in [0.25, 0.3) is 5.91 Å². The molecule has 0 saturated carbocycles. The summed E-state index contributed by atoms with van der Waals surface area (Å²) in [6, 6.07) is 22.9. The first-order valence-corrected chi connectivity index (χ1v) is 12.3. The van der Waals surface area contributed by atoms with Crippen molar-refractivity contribution >= 4 is 5.91 Å². The Bertz CT molecular complexity index is 1100. The average Bonchev–Trinajstić information content (AvgIpc) is 2.87. The zero-order valence-electron chi connectivity index (χ0n) is 21.2. The number of nitrogens with zero attached hydrogens (tertiary/aromatic N) is 1. The van der Waals surface area contributed by atoms with Crippen LogP contribution in [0.4, 0.5) is 0 Å². The van der Waals surface area contributed by atoms with E-state index in [1.165, 1.54) is 5.56 Å². The predicted molar refractivity (Wildman–Crippen MR) is 140 cm³/mol. The molecule has 3 aromatic rings. The fourth-order valence-electron chi connectivity index (χ4n) is 5.20. The van der Waals surface area contributed by atoms with E-state index in [0.29, 0.717) is 12.6 Å². The van der Waals surface area contributed by atoms with Crippen molar-refractivity contribution in [2.24, 2.45) is 0 Å². The summed E-state index contributed by atoms with van der Waals surface area (Å²) in [5.74, 6) is 1.77. The van der Waals surface area contributed by atoms with Gasteiger partial charge in [-0.3, -0.25) is 4.79 Å². The van der Waals surface area contributed by atoms with Crippen LogP contribution < -0.4 is 14.8 Å². The van der Waals surface area contributed by atoms with Gasteiger partial charge < -0.3 is 19.7 Å². The molecule has 1 amide bonds. The van der Waals surface area contributed by atoms with Gasteiger partial charge in [0.1, 0.15) is 11.5 Å². The largest absolute Gasteiger partial charge is 0.496 e. The van der Waals surface area contributed by atoms with Crippen LogP contribution in [-0.4, -0.2) is 43.7 Å². The molecule has 3 aromatic carbocycles. The molecule has 0 bridgehead atoms. The zero-order valence-corrected chi connectivity index (χ0v) is 21.2. The first kappa shape index (κ1) is 24.8. The monoisotopic (exact) mass is 472 g/mol. The second kappa shape index (κ2) is 11.4. The van der Waals surface area contributed by atoms with Gasteiger partial charge in [-0.1, -0.05) is 53.6 Å². The number of rotatable bonds is 8. The molecule has 1 aliphatic rings. The van der Waals surface area contributed by atoms with Crippen LogP contribution in [0, 0.1) is 13.8 Å². The average molecular weight is 473 g/mol. The van der Waals surface area contributed by atoms with Gasteiger partial charge in [0.05, 0.1) is 14.2 Å². The molecular weight excluding hydrogens is 436 g/mol. The predicted octanol–water partition coefficient (Wildman–Crippen LogP) is 5.33. The molecule has 1 fully saturated rings. The Morgan fingerprint density at radius 2 is 1.60 bits per heavy atom. The van der Waals surface area contributed by atoms with Gasteiger partial charge in [-0.2, -0.15) is 0 Å². The molecule has 0 spiro atoms. The van der Waals surface area contributed by atoms with Crippen molar-refractivity contribution in [3.8, 4) is 11.5 Å². The number of carbonyl (C=O) groups excluding carboxylic acids is 1. The summed E-state index contributed by atoms with van der Waals surface area (Å²) in [6.45, 7) is 5.48. The number of likely N-dealkylation sites (tertiary alicyclic amines) is 1. The van der Waals surface area contributed by atoms with Crippen molar-refractivity contribution < 1.29 is 14.3 Å². The number of nitrogens with one attached hydrogen (secondary N) is 1. The Balaban J connectivity index is 1.52. The summed E-state index contributed by atoms with van der Waals surface area (Å²) in [5, 5.41) is 3.72. The fourth-order valence-corrected chi connectivity index (χ4v) is 5.20. The maximum Gasteiger partial charge on any atom is 0.254 e. The van der Waals surface area contributed by atoms with E-state index < -0.39 is 0 Å². The van der Waals surface area contributed by atoms with Gasteiger partial charge in [-0.05, 0) is 62.9 Å². The van der Waals surface area contributed by atoms with Gasteiger partial charge >= 0.3 is 0 Å². The molecule has 0 radical (unpaired) electrons. The third kappa shape index (κ3) is 6.04. The number of aryl methyl sites for hydroxylation is 2. The van der Waals surface area contributed by atoms with E-state index in [1.807, 2.05) is 50.2 Å². The normalized spacial score (nSPS) is 17.8. The van der Waals surface area contributed by atoms with Crippen molar-refractivity contribution in [3.05, 3.63) is 94.5 Å². The summed E-state index contributed by atoms with van der Waals surface area (Å²) in [6.07, 6.45) is 2.63. The van der Waals surface area contributed by atoms with Gasteiger partial charge in [0, 0.05) is 36.3 Å². The van der Waals surface area contributed by atoms with Crippen LogP contribution in [0.1, 0.15) is 45.5 Å². The highest BCUT2D eigenvalue weighted by Crippen LogP contribution is 2.29. The van der Waals surface area contributed by atoms with Gasteiger partial charge in [-0.25, -0.2) is 0 Å². The molecule has 0 aliphatic carbocycles. The van der Waals surface area contributed by atoms with Gasteiger partial charge in [-0.15, -0.1) is 0 Å². The number of carbonyl (C=O) groups is 1. The highest BCUT2D eigenvalue weighted by atomic mass is 16.5. The fraction of sp³-hybridized carbons (Fsp3) is 0.367. The number of hydrogen-bond donors (Lipinski definition) is 1. The Morgan fingerprint density at radius 3 is 2.23 bits per heavy atom. The topological polar surface area (TPSA) is 50.8 Å². The molecule has 1 aliphatic heterocycles. The highest BCUT2D eigenvalue weighted by Gasteiger charge is 2.32. The number of amides is 1. The second-order valence-corrected chi connectivity index (χ2v) is 9.46. The first-order chi connectivity index (χ1) is 17.0. The smallest absolute Gasteiger partial charge is 0.254 e. The Hall–Kier alpha value is -3.31. The molecule has 1 N–H and O–H groups in total. The molecule has 0 aromatic heterocycles. The number of benzene rings is 3. The summed E-state index contributed by atoms with van der Waals surface area (Å²) < 4.78 is 11.1. The molecule has 0 unspecified atom stereocenters. The summed E-state index contributed by atoms with van der Waals surface area (Å²) in [5.41, 5.74) is 5.30. The third-order valence-corrected chi connectivity index (χ3v) is 6.86. The lowest BCUT2D eigenvalue weighted by Crippen LogP contribution is -2.51. The van der Waals surface area contributed by atoms with E-state index >= 15 is 0 Å². The van der Waals surface area contributed by atoms with Crippen LogP contribution in [0.25, 0.3) is 0 Å². The van der Waals surface area contributed by atoms with Crippen molar-refractivity contribution in [2.45, 2.75) is 51.7 Å². The van der Waals surface area contributed by atoms with E-state index in [-0.39, 0.29) is 11.9 Å². The van der Waals surface area contributed by atoms with Crippen LogP contribution in [0.3, 0.4) is 0 Å². The van der Waals surface area contributed by atoms with Crippen LogP contribution >= 0.6 is 0 Å². The number of piperidine rings is 1. The van der Waals surface area contributed by atoms with E-state index in [4.69, 9.17) is 9.47 Å². The molecule has 5 heteroatoms. The lowest BCUT2D eigenvalue weighted by molar-refractivity contribution is 0.0576. The highest BCUT2D eigenvalue weighted by molar-refractivity contribution is 5.95. The Morgan fingerprint density at radius 1 is 0.943 bits per heavy atom. The molecule has 2 atom stereocenters. The van der Waals surface area contributed by atoms with Gasteiger partial charge in [0.15, 0.2) is 0 Å².